The predicted octanol–water partition coefficient (Wildman–Crippen LogP) is 2.81. The fraction of sp³-hybridized carbons (Fsp3) is 0.471. The third-order valence-electron chi connectivity index (χ3n) is 5.04. The summed E-state index contributed by atoms with van der Waals surface area (Å²) in [4.78, 5) is 24.9. The summed E-state index contributed by atoms with van der Waals surface area (Å²) >= 11 is 1.55. The zero-order valence-electron chi connectivity index (χ0n) is 13.3. The molecular formula is C17H19FN4OS. The van der Waals surface area contributed by atoms with Crippen molar-refractivity contribution < 1.29 is 9.18 Å². The lowest BCUT2D eigenvalue weighted by Crippen LogP contribution is -2.47. The average molecular weight is 346 g/mol. The van der Waals surface area contributed by atoms with Crippen LogP contribution in [0, 0.1) is 11.2 Å². The highest BCUT2D eigenvalue weighted by Gasteiger charge is 2.43. The molecule has 7 heteroatoms. The number of thiophene rings is 1. The van der Waals surface area contributed by atoms with E-state index in [2.05, 4.69) is 14.9 Å². The van der Waals surface area contributed by atoms with E-state index in [1.165, 1.54) is 12.4 Å². The second kappa shape index (κ2) is 6.12. The topological polar surface area (TPSA) is 49.3 Å². The lowest BCUT2D eigenvalue weighted by atomic mass is 9.79. The SMILES string of the molecule is O=C(c1ccsc1)N1CCC[C@@]2(CCN(c3ncc(F)cn3)C2)C1. The summed E-state index contributed by atoms with van der Waals surface area (Å²) in [5.74, 6) is 0.291. The Morgan fingerprint density at radius 1 is 1.21 bits per heavy atom. The van der Waals surface area contributed by atoms with Gasteiger partial charge >= 0.3 is 0 Å². The minimum Gasteiger partial charge on any atom is -0.340 e. The van der Waals surface area contributed by atoms with Crippen LogP contribution in [0.3, 0.4) is 0 Å². The Hall–Kier alpha value is -2.02. The first kappa shape index (κ1) is 15.5. The number of hydrogen-bond donors (Lipinski definition) is 0. The summed E-state index contributed by atoms with van der Waals surface area (Å²) in [5.41, 5.74) is 0.885. The second-order valence-electron chi connectivity index (χ2n) is 6.72. The van der Waals surface area contributed by atoms with Crippen LogP contribution in [0.15, 0.2) is 29.2 Å². The molecule has 0 saturated carbocycles. The van der Waals surface area contributed by atoms with Crippen LogP contribution < -0.4 is 4.90 Å². The third kappa shape index (κ3) is 2.88. The van der Waals surface area contributed by atoms with Gasteiger partial charge in [0, 0.05) is 37.0 Å². The Labute approximate surface area is 144 Å². The van der Waals surface area contributed by atoms with E-state index in [0.717, 1.165) is 51.0 Å². The molecule has 2 aliphatic rings. The molecule has 2 saturated heterocycles. The maximum absolute atomic E-state index is 13.0. The zero-order valence-corrected chi connectivity index (χ0v) is 14.1. The molecule has 0 radical (unpaired) electrons. The van der Waals surface area contributed by atoms with Crippen molar-refractivity contribution >= 4 is 23.2 Å². The molecule has 5 nitrogen and oxygen atoms in total. The van der Waals surface area contributed by atoms with Crippen molar-refractivity contribution in [1.29, 1.82) is 0 Å². The molecule has 1 atom stereocenters. The summed E-state index contributed by atoms with van der Waals surface area (Å²) in [6.45, 7) is 3.28. The van der Waals surface area contributed by atoms with Crippen molar-refractivity contribution in [3.63, 3.8) is 0 Å². The van der Waals surface area contributed by atoms with Crippen LogP contribution in [0.5, 0.6) is 0 Å². The number of rotatable bonds is 2. The number of carbonyl (C=O) groups excluding carboxylic acids is 1. The van der Waals surface area contributed by atoms with E-state index in [4.69, 9.17) is 0 Å². The number of amides is 1. The minimum atomic E-state index is -0.419. The summed E-state index contributed by atoms with van der Waals surface area (Å²) in [6.07, 6.45) is 5.56. The van der Waals surface area contributed by atoms with Crippen LogP contribution in [-0.4, -0.2) is 47.0 Å². The Bertz CT molecular complexity index is 721. The van der Waals surface area contributed by atoms with Gasteiger partial charge in [0.2, 0.25) is 5.95 Å². The highest BCUT2D eigenvalue weighted by atomic mass is 32.1. The van der Waals surface area contributed by atoms with Crippen molar-refractivity contribution in [3.8, 4) is 0 Å². The maximum Gasteiger partial charge on any atom is 0.254 e. The average Bonchev–Trinajstić information content (AvgIpc) is 3.26. The van der Waals surface area contributed by atoms with Gasteiger partial charge in [0.1, 0.15) is 0 Å². The van der Waals surface area contributed by atoms with Crippen LogP contribution in [0.1, 0.15) is 29.6 Å². The number of hydrogen-bond acceptors (Lipinski definition) is 5. The summed E-state index contributed by atoms with van der Waals surface area (Å²) < 4.78 is 13.0. The second-order valence-corrected chi connectivity index (χ2v) is 7.50. The smallest absolute Gasteiger partial charge is 0.254 e. The van der Waals surface area contributed by atoms with Crippen LogP contribution in [0.25, 0.3) is 0 Å². The fourth-order valence-electron chi connectivity index (χ4n) is 3.86. The molecule has 2 aromatic heterocycles. The first-order valence-corrected chi connectivity index (χ1v) is 9.14. The van der Waals surface area contributed by atoms with Gasteiger partial charge < -0.3 is 9.80 Å². The van der Waals surface area contributed by atoms with E-state index in [1.54, 1.807) is 11.3 Å². The lowest BCUT2D eigenvalue weighted by Gasteiger charge is -2.40. The summed E-state index contributed by atoms with van der Waals surface area (Å²) in [5, 5.41) is 3.85. The van der Waals surface area contributed by atoms with Gasteiger partial charge in [0.05, 0.1) is 18.0 Å². The number of halogens is 1. The van der Waals surface area contributed by atoms with Gasteiger partial charge in [-0.05, 0) is 30.7 Å². The van der Waals surface area contributed by atoms with E-state index < -0.39 is 5.82 Å². The molecule has 0 aliphatic carbocycles. The molecule has 4 rings (SSSR count). The number of piperidine rings is 1. The molecule has 1 amide bonds. The molecular weight excluding hydrogens is 327 g/mol. The Morgan fingerprint density at radius 2 is 2.04 bits per heavy atom. The quantitative estimate of drug-likeness (QED) is 0.839. The number of aromatic nitrogens is 2. The highest BCUT2D eigenvalue weighted by molar-refractivity contribution is 7.08. The number of likely N-dealkylation sites (tertiary alicyclic amines) is 1. The van der Waals surface area contributed by atoms with Gasteiger partial charge in [-0.15, -0.1) is 0 Å². The normalized spacial score (nSPS) is 23.9. The van der Waals surface area contributed by atoms with Crippen LogP contribution >= 0.6 is 11.3 Å². The van der Waals surface area contributed by atoms with Crippen molar-refractivity contribution in [3.05, 3.63) is 40.6 Å². The molecule has 1 spiro atoms. The van der Waals surface area contributed by atoms with Gasteiger partial charge in [-0.2, -0.15) is 11.3 Å². The largest absolute Gasteiger partial charge is 0.340 e. The molecule has 0 unspecified atom stereocenters. The van der Waals surface area contributed by atoms with Crippen LogP contribution in [-0.2, 0) is 0 Å². The summed E-state index contributed by atoms with van der Waals surface area (Å²) in [7, 11) is 0. The zero-order chi connectivity index (χ0) is 16.6. The molecule has 0 aromatic carbocycles. The monoisotopic (exact) mass is 346 g/mol. The molecule has 126 valence electrons. The van der Waals surface area contributed by atoms with Gasteiger partial charge in [0.25, 0.3) is 5.91 Å². The van der Waals surface area contributed by atoms with E-state index in [1.807, 2.05) is 21.7 Å². The molecule has 4 heterocycles. The van der Waals surface area contributed by atoms with E-state index in [9.17, 15) is 9.18 Å². The van der Waals surface area contributed by atoms with Crippen LogP contribution in [0.4, 0.5) is 10.3 Å². The van der Waals surface area contributed by atoms with Gasteiger partial charge in [-0.25, -0.2) is 14.4 Å². The third-order valence-corrected chi connectivity index (χ3v) is 5.73. The first-order valence-electron chi connectivity index (χ1n) is 8.19. The van der Waals surface area contributed by atoms with E-state index in [0.29, 0.717) is 5.95 Å². The highest BCUT2D eigenvalue weighted by Crippen LogP contribution is 2.40. The van der Waals surface area contributed by atoms with Gasteiger partial charge in [0.15, 0.2) is 5.82 Å². The molecule has 2 aromatic rings. The van der Waals surface area contributed by atoms with Crippen molar-refractivity contribution in [2.24, 2.45) is 5.41 Å². The number of carbonyl (C=O) groups is 1. The van der Waals surface area contributed by atoms with Crippen molar-refractivity contribution in [2.45, 2.75) is 19.3 Å². The van der Waals surface area contributed by atoms with E-state index in [-0.39, 0.29) is 11.3 Å². The lowest BCUT2D eigenvalue weighted by molar-refractivity contribution is 0.0557. The number of anilines is 1. The minimum absolute atomic E-state index is 0.0989. The Balaban J connectivity index is 1.47. The van der Waals surface area contributed by atoms with Crippen molar-refractivity contribution in [1.82, 2.24) is 14.9 Å². The predicted molar refractivity (Wildman–Crippen MR) is 90.7 cm³/mol. The Kier molecular flexibility index (Phi) is 3.96. The fourth-order valence-corrected chi connectivity index (χ4v) is 4.49. The standard InChI is InChI=1S/C17H19FN4OS/c18-14-8-19-16(20-9-14)22-6-4-17(12-22)3-1-5-21(11-17)15(23)13-2-7-24-10-13/h2,7-10H,1,3-6,11-12H2/t17-/m1/s1. The number of nitrogens with zero attached hydrogens (tertiary/aromatic N) is 4. The van der Waals surface area contributed by atoms with Gasteiger partial charge in [-0.3, -0.25) is 4.79 Å². The molecule has 0 N–H and O–H groups in total. The van der Waals surface area contributed by atoms with Gasteiger partial charge in [-0.1, -0.05) is 0 Å². The Morgan fingerprint density at radius 3 is 2.79 bits per heavy atom. The van der Waals surface area contributed by atoms with Crippen LogP contribution in [0.2, 0.25) is 0 Å². The molecule has 0 bridgehead atoms. The first-order chi connectivity index (χ1) is 11.7. The summed E-state index contributed by atoms with van der Waals surface area (Å²) in [6, 6.07) is 1.89. The molecule has 2 fully saturated rings. The maximum atomic E-state index is 13.0. The molecule has 24 heavy (non-hydrogen) atoms. The van der Waals surface area contributed by atoms with Crippen molar-refractivity contribution in [2.75, 3.05) is 31.1 Å². The van der Waals surface area contributed by atoms with E-state index >= 15 is 0 Å². The molecule has 2 aliphatic heterocycles.